The fourth-order valence-corrected chi connectivity index (χ4v) is 2.43. The van der Waals surface area contributed by atoms with E-state index in [2.05, 4.69) is 0 Å². The van der Waals surface area contributed by atoms with Crippen LogP contribution in [-0.2, 0) is 19.4 Å². The highest BCUT2D eigenvalue weighted by Crippen LogP contribution is 2.17. The van der Waals surface area contributed by atoms with Gasteiger partial charge in [0.2, 0.25) is 0 Å². The van der Waals surface area contributed by atoms with E-state index in [-0.39, 0.29) is 18.2 Å². The van der Waals surface area contributed by atoms with Crippen LogP contribution in [-0.4, -0.2) is 10.2 Å². The predicted octanol–water partition coefficient (Wildman–Crippen LogP) is 3.98. The molecule has 112 valence electrons. The molecule has 0 radical (unpaired) electrons. The standard InChI is InChI=1S/C18H21FO2/c19-18-15(7-4-8-16(18)13-20)6-3-1-2-5-14-9-11-17(21)12-10-14/h4,7-12,20-21H,1-3,5-6,13H2. The lowest BCUT2D eigenvalue weighted by Crippen LogP contribution is -1.97. The zero-order valence-corrected chi connectivity index (χ0v) is 12.1. The van der Waals surface area contributed by atoms with Crippen molar-refractivity contribution in [3.05, 3.63) is 65.0 Å². The van der Waals surface area contributed by atoms with Crippen molar-refractivity contribution in [2.75, 3.05) is 0 Å². The summed E-state index contributed by atoms with van der Waals surface area (Å²) in [7, 11) is 0. The first-order valence-corrected chi connectivity index (χ1v) is 7.35. The molecule has 0 aliphatic carbocycles. The van der Waals surface area contributed by atoms with Crippen LogP contribution < -0.4 is 0 Å². The Labute approximate surface area is 124 Å². The molecule has 0 unspecified atom stereocenters. The number of aromatic hydroxyl groups is 1. The highest BCUT2D eigenvalue weighted by Gasteiger charge is 2.06. The third kappa shape index (κ3) is 4.57. The van der Waals surface area contributed by atoms with Crippen molar-refractivity contribution in [3.8, 4) is 5.75 Å². The van der Waals surface area contributed by atoms with E-state index in [0.717, 1.165) is 25.7 Å². The van der Waals surface area contributed by atoms with Crippen LogP contribution in [0.2, 0.25) is 0 Å². The topological polar surface area (TPSA) is 40.5 Å². The van der Waals surface area contributed by atoms with Crippen LogP contribution in [0.4, 0.5) is 4.39 Å². The lowest BCUT2D eigenvalue weighted by atomic mass is 10.0. The zero-order valence-electron chi connectivity index (χ0n) is 12.1. The molecule has 2 nitrogen and oxygen atoms in total. The van der Waals surface area contributed by atoms with Crippen molar-refractivity contribution in [2.24, 2.45) is 0 Å². The Morgan fingerprint density at radius 2 is 1.48 bits per heavy atom. The molecule has 0 heterocycles. The lowest BCUT2D eigenvalue weighted by Gasteiger charge is -2.07. The van der Waals surface area contributed by atoms with Crippen molar-refractivity contribution >= 4 is 0 Å². The fourth-order valence-electron chi connectivity index (χ4n) is 2.43. The molecule has 3 heteroatoms. The highest BCUT2D eigenvalue weighted by atomic mass is 19.1. The minimum atomic E-state index is -0.265. The van der Waals surface area contributed by atoms with Gasteiger partial charge in [0, 0.05) is 5.56 Å². The molecule has 0 bridgehead atoms. The number of benzene rings is 2. The van der Waals surface area contributed by atoms with E-state index in [1.165, 1.54) is 5.56 Å². The number of phenolic OH excluding ortho intramolecular Hbond substituents is 1. The molecular weight excluding hydrogens is 267 g/mol. The van der Waals surface area contributed by atoms with Crippen LogP contribution in [0.1, 0.15) is 36.0 Å². The number of rotatable bonds is 7. The van der Waals surface area contributed by atoms with Gasteiger partial charge in [-0.05, 0) is 48.9 Å². The van der Waals surface area contributed by atoms with Gasteiger partial charge in [0.05, 0.1) is 6.61 Å². The summed E-state index contributed by atoms with van der Waals surface area (Å²) in [6, 6.07) is 12.5. The Morgan fingerprint density at radius 3 is 2.19 bits per heavy atom. The second-order valence-electron chi connectivity index (χ2n) is 5.28. The summed E-state index contributed by atoms with van der Waals surface area (Å²) in [5.41, 5.74) is 2.27. The van der Waals surface area contributed by atoms with Crippen molar-refractivity contribution in [1.29, 1.82) is 0 Å². The molecule has 2 rings (SSSR count). The average Bonchev–Trinajstić information content (AvgIpc) is 2.50. The fraction of sp³-hybridized carbons (Fsp3) is 0.333. The van der Waals surface area contributed by atoms with Gasteiger partial charge in [-0.1, -0.05) is 36.8 Å². The van der Waals surface area contributed by atoms with Crippen LogP contribution in [0.15, 0.2) is 42.5 Å². The van der Waals surface area contributed by atoms with Gasteiger partial charge >= 0.3 is 0 Å². The van der Waals surface area contributed by atoms with Gasteiger partial charge in [-0.25, -0.2) is 4.39 Å². The third-order valence-electron chi connectivity index (χ3n) is 3.68. The van der Waals surface area contributed by atoms with Gasteiger partial charge in [0.25, 0.3) is 0 Å². The van der Waals surface area contributed by atoms with Gasteiger partial charge in [0.1, 0.15) is 11.6 Å². The molecular formula is C18H21FO2. The van der Waals surface area contributed by atoms with E-state index < -0.39 is 0 Å². The first-order chi connectivity index (χ1) is 10.2. The lowest BCUT2D eigenvalue weighted by molar-refractivity contribution is 0.275. The Hall–Kier alpha value is -1.87. The van der Waals surface area contributed by atoms with Crippen molar-refractivity contribution in [2.45, 2.75) is 38.7 Å². The van der Waals surface area contributed by atoms with Crippen LogP contribution in [0.25, 0.3) is 0 Å². The second-order valence-corrected chi connectivity index (χ2v) is 5.28. The van der Waals surface area contributed by atoms with Crippen LogP contribution in [0.5, 0.6) is 5.75 Å². The highest BCUT2D eigenvalue weighted by molar-refractivity contribution is 5.26. The zero-order chi connectivity index (χ0) is 15.1. The summed E-state index contributed by atoms with van der Waals surface area (Å²) in [5.74, 6) is 0.0246. The third-order valence-corrected chi connectivity index (χ3v) is 3.68. The van der Waals surface area contributed by atoms with Gasteiger partial charge in [-0.2, -0.15) is 0 Å². The Morgan fingerprint density at radius 1 is 0.810 bits per heavy atom. The summed E-state index contributed by atoms with van der Waals surface area (Å²) >= 11 is 0. The first-order valence-electron chi connectivity index (χ1n) is 7.35. The summed E-state index contributed by atoms with van der Waals surface area (Å²) in [4.78, 5) is 0. The van der Waals surface area contributed by atoms with Crippen molar-refractivity contribution in [3.63, 3.8) is 0 Å². The minimum absolute atomic E-state index is 0.249. The summed E-state index contributed by atoms with van der Waals surface area (Å²) in [5, 5.41) is 18.2. The molecule has 0 spiro atoms. The van der Waals surface area contributed by atoms with Gasteiger partial charge in [-0.15, -0.1) is 0 Å². The second kappa shape index (κ2) is 7.79. The molecule has 2 aromatic carbocycles. The molecule has 0 aliphatic heterocycles. The van der Waals surface area contributed by atoms with Gasteiger partial charge in [-0.3, -0.25) is 0 Å². The van der Waals surface area contributed by atoms with Gasteiger partial charge in [0.15, 0.2) is 0 Å². The predicted molar refractivity (Wildman–Crippen MR) is 81.7 cm³/mol. The molecule has 21 heavy (non-hydrogen) atoms. The summed E-state index contributed by atoms with van der Waals surface area (Å²) in [6.45, 7) is -0.249. The smallest absolute Gasteiger partial charge is 0.131 e. The Kier molecular flexibility index (Phi) is 5.76. The number of unbranched alkanes of at least 4 members (excludes halogenated alkanes) is 2. The van der Waals surface area contributed by atoms with E-state index in [9.17, 15) is 9.50 Å². The number of hydrogen-bond donors (Lipinski definition) is 2. The molecule has 0 aliphatic rings. The quantitative estimate of drug-likeness (QED) is 0.757. The number of aliphatic hydroxyl groups is 1. The number of aliphatic hydroxyl groups excluding tert-OH is 1. The molecule has 0 atom stereocenters. The van der Waals surface area contributed by atoms with E-state index in [1.54, 1.807) is 30.3 Å². The van der Waals surface area contributed by atoms with Crippen molar-refractivity contribution in [1.82, 2.24) is 0 Å². The molecule has 0 saturated carbocycles. The maximum absolute atomic E-state index is 13.9. The van der Waals surface area contributed by atoms with Gasteiger partial charge < -0.3 is 10.2 Å². The average molecular weight is 288 g/mol. The molecule has 0 amide bonds. The molecule has 0 fully saturated rings. The van der Waals surface area contributed by atoms with Crippen LogP contribution in [0.3, 0.4) is 0 Å². The molecule has 2 aromatic rings. The summed E-state index contributed by atoms with van der Waals surface area (Å²) < 4.78 is 13.9. The van der Waals surface area contributed by atoms with Crippen LogP contribution >= 0.6 is 0 Å². The minimum Gasteiger partial charge on any atom is -0.508 e. The number of hydrogen-bond acceptors (Lipinski definition) is 2. The first kappa shape index (κ1) is 15.5. The molecule has 0 saturated heterocycles. The van der Waals surface area contributed by atoms with E-state index in [4.69, 9.17) is 5.11 Å². The van der Waals surface area contributed by atoms with Crippen LogP contribution in [0, 0.1) is 5.82 Å². The monoisotopic (exact) mass is 288 g/mol. The largest absolute Gasteiger partial charge is 0.508 e. The Balaban J connectivity index is 1.74. The normalized spacial score (nSPS) is 10.8. The molecule has 2 N–H and O–H groups in total. The summed E-state index contributed by atoms with van der Waals surface area (Å²) in [6.07, 6.45) is 4.69. The van der Waals surface area contributed by atoms with E-state index >= 15 is 0 Å². The van der Waals surface area contributed by atoms with E-state index in [0.29, 0.717) is 17.5 Å². The van der Waals surface area contributed by atoms with Crippen molar-refractivity contribution < 1.29 is 14.6 Å². The number of halogens is 1. The van der Waals surface area contributed by atoms with E-state index in [1.807, 2.05) is 12.1 Å². The molecule has 0 aromatic heterocycles. The SMILES string of the molecule is OCc1cccc(CCCCCc2ccc(O)cc2)c1F. The number of phenols is 1. The maximum Gasteiger partial charge on any atom is 0.131 e. The maximum atomic E-state index is 13.9. The number of aryl methyl sites for hydroxylation is 2. The Bertz CT molecular complexity index is 564.